The molecule has 1 aliphatic heterocycles. The Balaban J connectivity index is 1.50. The van der Waals surface area contributed by atoms with Crippen LogP contribution >= 0.6 is 0 Å². The maximum atomic E-state index is 12.3. The van der Waals surface area contributed by atoms with E-state index in [1.54, 1.807) is 18.9 Å². The maximum Gasteiger partial charge on any atom is 0.267 e. The quantitative estimate of drug-likeness (QED) is 0.616. The largest absolute Gasteiger partial charge is 0.382 e. The Morgan fingerprint density at radius 2 is 2.07 bits per heavy atom. The van der Waals surface area contributed by atoms with Gasteiger partial charge in [0, 0.05) is 30.1 Å². The van der Waals surface area contributed by atoms with Crippen LogP contribution in [0.25, 0.3) is 22.3 Å². The van der Waals surface area contributed by atoms with E-state index in [4.69, 9.17) is 5.73 Å². The molecule has 1 amide bonds. The smallest absolute Gasteiger partial charge is 0.267 e. The van der Waals surface area contributed by atoms with Crippen LogP contribution < -0.4 is 5.73 Å². The van der Waals surface area contributed by atoms with Crippen LogP contribution in [0.15, 0.2) is 36.4 Å². The molecule has 29 heavy (non-hydrogen) atoms. The van der Waals surface area contributed by atoms with Crippen LogP contribution in [0.5, 0.6) is 0 Å². The third-order valence-electron chi connectivity index (χ3n) is 5.67. The van der Waals surface area contributed by atoms with Crippen molar-refractivity contribution >= 4 is 22.8 Å². The van der Waals surface area contributed by atoms with E-state index < -0.39 is 5.60 Å². The van der Waals surface area contributed by atoms with Crippen LogP contribution in [-0.2, 0) is 4.79 Å². The topological polar surface area (TPSA) is 105 Å². The summed E-state index contributed by atoms with van der Waals surface area (Å²) in [6.07, 6.45) is 0.803. The van der Waals surface area contributed by atoms with Crippen molar-refractivity contribution in [3.05, 3.63) is 47.8 Å². The standard InChI is InChI=1S/C22H19N5O2/c1-12-24-17-7-6-16(26-19(17)20(23)25-12)14-5-3-4-13(10-14)8-9-22(29)15-11-18(15)27(2)21(22)28/h3-7,10,15,18,29H,11H2,1-2H3,(H2,23,24,25)/t15?,18?,22-/m1/s1. The zero-order valence-corrected chi connectivity index (χ0v) is 16.0. The molecule has 3 atom stereocenters. The highest BCUT2D eigenvalue weighted by atomic mass is 16.3. The number of amides is 1. The second-order valence-corrected chi connectivity index (χ2v) is 7.64. The molecule has 0 bridgehead atoms. The van der Waals surface area contributed by atoms with E-state index in [2.05, 4.69) is 26.8 Å². The molecule has 3 N–H and O–H groups in total. The SMILES string of the molecule is Cc1nc(N)c2nc(-c3cccc(C#C[C@]4(O)C(=O)N(C)C5CC54)c3)ccc2n1. The summed E-state index contributed by atoms with van der Waals surface area (Å²) in [5, 5.41) is 10.8. The van der Waals surface area contributed by atoms with Gasteiger partial charge in [-0.3, -0.25) is 4.79 Å². The molecule has 1 saturated carbocycles. The van der Waals surface area contributed by atoms with Crippen LogP contribution in [0, 0.1) is 24.7 Å². The van der Waals surface area contributed by atoms with Crippen molar-refractivity contribution in [2.24, 2.45) is 5.92 Å². The fourth-order valence-corrected chi connectivity index (χ4v) is 4.02. The number of aryl methyl sites for hydroxylation is 1. The Labute approximate surface area is 167 Å². The normalized spacial score (nSPS) is 24.9. The third kappa shape index (κ3) is 2.72. The van der Waals surface area contributed by atoms with E-state index in [9.17, 15) is 9.90 Å². The van der Waals surface area contributed by atoms with Crippen molar-refractivity contribution in [1.82, 2.24) is 19.9 Å². The monoisotopic (exact) mass is 385 g/mol. The first-order valence-electron chi connectivity index (χ1n) is 9.41. The number of carbonyl (C=O) groups is 1. The predicted octanol–water partition coefficient (Wildman–Crippen LogP) is 1.53. The first kappa shape index (κ1) is 17.6. The fourth-order valence-electron chi connectivity index (χ4n) is 4.02. The molecule has 2 unspecified atom stereocenters. The molecule has 7 heteroatoms. The molecule has 1 saturated heterocycles. The number of anilines is 1. The Morgan fingerprint density at radius 1 is 1.24 bits per heavy atom. The van der Waals surface area contributed by atoms with Gasteiger partial charge in [0.15, 0.2) is 5.82 Å². The Morgan fingerprint density at radius 3 is 2.83 bits per heavy atom. The molecule has 3 heterocycles. The van der Waals surface area contributed by atoms with Gasteiger partial charge in [-0.2, -0.15) is 0 Å². The molecule has 5 rings (SSSR count). The third-order valence-corrected chi connectivity index (χ3v) is 5.67. The minimum atomic E-state index is -1.58. The second-order valence-electron chi connectivity index (χ2n) is 7.64. The number of fused-ring (bicyclic) bond motifs is 2. The van der Waals surface area contributed by atoms with Gasteiger partial charge in [0.1, 0.15) is 11.3 Å². The summed E-state index contributed by atoms with van der Waals surface area (Å²) in [5.41, 5.74) is 7.94. The number of hydrogen-bond acceptors (Lipinski definition) is 6. The van der Waals surface area contributed by atoms with Gasteiger partial charge < -0.3 is 15.7 Å². The van der Waals surface area contributed by atoms with Crippen LogP contribution in [0.4, 0.5) is 5.82 Å². The number of piperidine rings is 1. The van der Waals surface area contributed by atoms with Gasteiger partial charge in [-0.1, -0.05) is 24.0 Å². The van der Waals surface area contributed by atoms with Crippen molar-refractivity contribution in [2.45, 2.75) is 25.0 Å². The molecule has 2 aliphatic rings. The van der Waals surface area contributed by atoms with E-state index in [0.717, 1.165) is 17.7 Å². The van der Waals surface area contributed by atoms with E-state index in [1.165, 1.54) is 0 Å². The van der Waals surface area contributed by atoms with Gasteiger partial charge in [0.2, 0.25) is 5.60 Å². The van der Waals surface area contributed by atoms with Gasteiger partial charge in [0.25, 0.3) is 5.91 Å². The van der Waals surface area contributed by atoms with Crippen molar-refractivity contribution in [3.63, 3.8) is 0 Å². The van der Waals surface area contributed by atoms with Crippen molar-refractivity contribution in [1.29, 1.82) is 0 Å². The number of likely N-dealkylation sites (tertiary alicyclic amines) is 1. The Bertz CT molecular complexity index is 1240. The summed E-state index contributed by atoms with van der Waals surface area (Å²) in [6.45, 7) is 1.79. The highest BCUT2D eigenvalue weighted by Crippen LogP contribution is 2.50. The summed E-state index contributed by atoms with van der Waals surface area (Å²) in [5.74, 6) is 6.34. The van der Waals surface area contributed by atoms with Gasteiger partial charge in [-0.15, -0.1) is 0 Å². The van der Waals surface area contributed by atoms with Crippen molar-refractivity contribution in [2.75, 3.05) is 12.8 Å². The zero-order chi connectivity index (χ0) is 20.3. The van der Waals surface area contributed by atoms with E-state index in [1.807, 2.05) is 36.4 Å². The number of hydrogen-bond donors (Lipinski definition) is 2. The average Bonchev–Trinajstić information content (AvgIpc) is 3.49. The van der Waals surface area contributed by atoms with Crippen LogP contribution in [0.1, 0.15) is 17.8 Å². The van der Waals surface area contributed by atoms with Crippen molar-refractivity contribution < 1.29 is 9.90 Å². The molecule has 2 fully saturated rings. The van der Waals surface area contributed by atoms with Gasteiger partial charge in [0.05, 0.1) is 11.2 Å². The minimum absolute atomic E-state index is 0.0933. The number of aromatic nitrogens is 3. The number of nitrogen functional groups attached to an aromatic ring is 1. The highest BCUT2D eigenvalue weighted by Gasteiger charge is 2.66. The first-order chi connectivity index (χ1) is 13.9. The predicted molar refractivity (Wildman–Crippen MR) is 108 cm³/mol. The molecule has 2 aromatic heterocycles. The molecule has 0 radical (unpaired) electrons. The summed E-state index contributed by atoms with van der Waals surface area (Å²) < 4.78 is 0. The summed E-state index contributed by atoms with van der Waals surface area (Å²) in [7, 11) is 1.72. The number of pyridine rings is 1. The van der Waals surface area contributed by atoms with Gasteiger partial charge in [-0.25, -0.2) is 15.0 Å². The molecule has 7 nitrogen and oxygen atoms in total. The lowest BCUT2D eigenvalue weighted by Gasteiger charge is -2.18. The van der Waals surface area contributed by atoms with E-state index >= 15 is 0 Å². The number of benzene rings is 1. The lowest BCUT2D eigenvalue weighted by atomic mass is 9.98. The summed E-state index contributed by atoms with van der Waals surface area (Å²) in [4.78, 5) is 27.0. The number of aliphatic hydroxyl groups is 1. The highest BCUT2D eigenvalue weighted by molar-refractivity contribution is 5.93. The molecule has 1 aliphatic carbocycles. The molecular formula is C22H19N5O2. The van der Waals surface area contributed by atoms with Gasteiger partial charge >= 0.3 is 0 Å². The zero-order valence-electron chi connectivity index (χ0n) is 16.0. The lowest BCUT2D eigenvalue weighted by Crippen LogP contribution is -2.41. The molecule has 3 aromatic rings. The average molecular weight is 385 g/mol. The van der Waals surface area contributed by atoms with Gasteiger partial charge in [-0.05, 0) is 37.6 Å². The fraction of sp³-hybridized carbons (Fsp3) is 0.273. The molecule has 0 spiro atoms. The van der Waals surface area contributed by atoms with Crippen molar-refractivity contribution in [3.8, 4) is 23.1 Å². The van der Waals surface area contributed by atoms with E-state index in [0.29, 0.717) is 28.2 Å². The first-order valence-corrected chi connectivity index (χ1v) is 9.41. The number of likely N-dealkylation sites (N-methyl/N-ethyl adjacent to an activating group) is 1. The second kappa shape index (κ2) is 6.00. The van der Waals surface area contributed by atoms with Crippen LogP contribution in [-0.4, -0.2) is 49.6 Å². The molecule has 144 valence electrons. The number of nitrogens with two attached hydrogens (primary N) is 1. The van der Waals surface area contributed by atoms with E-state index in [-0.39, 0.29) is 17.9 Å². The Hall–Kier alpha value is -3.50. The minimum Gasteiger partial charge on any atom is -0.382 e. The van der Waals surface area contributed by atoms with Crippen LogP contribution in [0.3, 0.4) is 0 Å². The summed E-state index contributed by atoms with van der Waals surface area (Å²) >= 11 is 0. The molecule has 1 aromatic carbocycles. The lowest BCUT2D eigenvalue weighted by molar-refractivity contribution is -0.140. The molecular weight excluding hydrogens is 366 g/mol. The Kier molecular flexibility index (Phi) is 3.64. The number of rotatable bonds is 1. The number of nitrogens with zero attached hydrogens (tertiary/aromatic N) is 4. The number of carbonyl (C=O) groups excluding carboxylic acids is 1. The maximum absolute atomic E-state index is 12.3. The summed E-state index contributed by atoms with van der Waals surface area (Å²) in [6, 6.07) is 11.4. The van der Waals surface area contributed by atoms with Crippen LogP contribution in [0.2, 0.25) is 0 Å².